The summed E-state index contributed by atoms with van der Waals surface area (Å²) < 4.78 is 0. The van der Waals surface area contributed by atoms with Gasteiger partial charge in [0.2, 0.25) is 0 Å². The lowest BCUT2D eigenvalue weighted by Gasteiger charge is -2.02. The van der Waals surface area contributed by atoms with Gasteiger partial charge in [-0.2, -0.15) is 0 Å². The summed E-state index contributed by atoms with van der Waals surface area (Å²) in [5.74, 6) is 1.66. The van der Waals surface area contributed by atoms with Crippen LogP contribution in [0.5, 0.6) is 0 Å². The van der Waals surface area contributed by atoms with E-state index in [9.17, 15) is 0 Å². The first-order chi connectivity index (χ1) is 3.83. The van der Waals surface area contributed by atoms with E-state index in [0.29, 0.717) is 0 Å². The first kappa shape index (κ1) is 6.37. The fourth-order valence-electron chi connectivity index (χ4n) is 1.28. The van der Waals surface area contributed by atoms with E-state index in [1.165, 1.54) is 19.5 Å². The Bertz CT molecular complexity index is 74.9. The van der Waals surface area contributed by atoms with Crippen LogP contribution in [0.2, 0.25) is 0 Å². The van der Waals surface area contributed by atoms with Crippen molar-refractivity contribution in [3.8, 4) is 0 Å². The third-order valence-corrected chi connectivity index (χ3v) is 2.27. The summed E-state index contributed by atoms with van der Waals surface area (Å²) in [5, 5.41) is 0. The molecule has 1 saturated heterocycles. The largest absolute Gasteiger partial charge is 0.337 e. The number of rotatable bonds is 1. The van der Waals surface area contributed by atoms with Gasteiger partial charge in [-0.1, -0.05) is 0 Å². The molecule has 1 rings (SSSR count). The predicted molar refractivity (Wildman–Crippen MR) is 35.4 cm³/mol. The fourth-order valence-corrected chi connectivity index (χ4v) is 1.54. The second-order valence-electron chi connectivity index (χ2n) is 2.72. The van der Waals surface area contributed by atoms with Gasteiger partial charge in [0.25, 0.3) is 0 Å². The number of hydrogen-bond donors (Lipinski definition) is 1. The third kappa shape index (κ3) is 1.36. The van der Waals surface area contributed by atoms with Crippen molar-refractivity contribution < 1.29 is 4.90 Å². The molecule has 1 N–H and O–H groups in total. The van der Waals surface area contributed by atoms with Gasteiger partial charge in [0.1, 0.15) is 0 Å². The van der Waals surface area contributed by atoms with Crippen molar-refractivity contribution in [2.45, 2.75) is 6.42 Å². The van der Waals surface area contributed by atoms with Crippen LogP contribution in [0.1, 0.15) is 6.42 Å². The van der Waals surface area contributed by atoms with Crippen LogP contribution in [0.4, 0.5) is 0 Å². The molecule has 1 aliphatic rings. The van der Waals surface area contributed by atoms with E-state index in [1.54, 1.807) is 4.90 Å². The van der Waals surface area contributed by atoms with Gasteiger partial charge in [-0.15, -0.1) is 11.6 Å². The molecule has 48 valence electrons. The zero-order valence-corrected chi connectivity index (χ0v) is 6.04. The molecule has 8 heavy (non-hydrogen) atoms. The smallest absolute Gasteiger partial charge is 0.0811 e. The van der Waals surface area contributed by atoms with Crippen LogP contribution in [0.25, 0.3) is 0 Å². The Kier molecular flexibility index (Phi) is 2.15. The first-order valence-corrected chi connectivity index (χ1v) is 3.73. The van der Waals surface area contributed by atoms with Gasteiger partial charge in [-0.05, 0) is 0 Å². The molecule has 1 unspecified atom stereocenters. The Balaban J connectivity index is 2.22. The maximum absolute atomic E-state index is 5.66. The van der Waals surface area contributed by atoms with E-state index >= 15 is 0 Å². The molecular weight excluding hydrogens is 122 g/mol. The summed E-state index contributed by atoms with van der Waals surface area (Å²) in [7, 11) is 2.23. The molecule has 0 aromatic carbocycles. The summed E-state index contributed by atoms with van der Waals surface area (Å²) in [6.45, 7) is 2.60. The van der Waals surface area contributed by atoms with Gasteiger partial charge in [0.05, 0.1) is 20.1 Å². The lowest BCUT2D eigenvalue weighted by Crippen LogP contribution is -3.07. The average Bonchev–Trinajstić information content (AvgIpc) is 2.14. The molecule has 0 bridgehead atoms. The normalized spacial score (nSPS) is 38.2. The molecule has 1 nitrogen and oxygen atoms in total. The quantitative estimate of drug-likeness (QED) is 0.473. The molecule has 0 aromatic heterocycles. The van der Waals surface area contributed by atoms with Crippen molar-refractivity contribution >= 4 is 11.6 Å². The molecule has 1 aliphatic heterocycles. The van der Waals surface area contributed by atoms with Crippen molar-refractivity contribution in [3.05, 3.63) is 0 Å². The van der Waals surface area contributed by atoms with E-state index in [2.05, 4.69) is 7.05 Å². The fraction of sp³-hybridized carbons (Fsp3) is 1.00. The number of quaternary nitrogens is 1. The number of likely N-dealkylation sites (tertiary alicyclic amines) is 1. The van der Waals surface area contributed by atoms with Crippen molar-refractivity contribution in [3.63, 3.8) is 0 Å². The van der Waals surface area contributed by atoms with Gasteiger partial charge in [-0.25, -0.2) is 0 Å². The minimum absolute atomic E-state index is 0.802. The SMILES string of the molecule is C[NH+]1CC[C@H](CCl)C1. The lowest BCUT2D eigenvalue weighted by molar-refractivity contribution is -0.867. The van der Waals surface area contributed by atoms with Crippen LogP contribution in [-0.2, 0) is 0 Å². The minimum Gasteiger partial charge on any atom is -0.337 e. The van der Waals surface area contributed by atoms with Crippen LogP contribution in [0.3, 0.4) is 0 Å². The topological polar surface area (TPSA) is 4.44 Å². The van der Waals surface area contributed by atoms with E-state index < -0.39 is 0 Å². The average molecular weight is 135 g/mol. The Morgan fingerprint density at radius 3 is 2.75 bits per heavy atom. The Morgan fingerprint density at radius 2 is 2.50 bits per heavy atom. The molecule has 0 saturated carbocycles. The van der Waals surface area contributed by atoms with E-state index in [1.807, 2.05) is 0 Å². The van der Waals surface area contributed by atoms with Crippen molar-refractivity contribution in [1.29, 1.82) is 0 Å². The monoisotopic (exact) mass is 134 g/mol. The van der Waals surface area contributed by atoms with Crippen LogP contribution in [0.15, 0.2) is 0 Å². The maximum Gasteiger partial charge on any atom is 0.0811 e. The number of hydrogen-bond acceptors (Lipinski definition) is 0. The summed E-state index contributed by atoms with van der Waals surface area (Å²) in [4.78, 5) is 1.63. The minimum atomic E-state index is 0.802. The van der Waals surface area contributed by atoms with E-state index in [4.69, 9.17) is 11.6 Å². The Labute approximate surface area is 55.6 Å². The second kappa shape index (κ2) is 2.70. The van der Waals surface area contributed by atoms with Crippen molar-refractivity contribution in [1.82, 2.24) is 0 Å². The number of alkyl halides is 1. The van der Waals surface area contributed by atoms with Gasteiger partial charge < -0.3 is 4.90 Å². The van der Waals surface area contributed by atoms with Gasteiger partial charge in [0, 0.05) is 18.2 Å². The highest BCUT2D eigenvalue weighted by Gasteiger charge is 2.21. The number of nitrogens with one attached hydrogen (secondary N) is 1. The highest BCUT2D eigenvalue weighted by atomic mass is 35.5. The molecule has 2 atom stereocenters. The number of halogens is 1. The summed E-state index contributed by atoms with van der Waals surface area (Å²) in [6, 6.07) is 0. The zero-order chi connectivity index (χ0) is 5.98. The third-order valence-electron chi connectivity index (χ3n) is 1.83. The lowest BCUT2D eigenvalue weighted by atomic mass is 10.2. The molecule has 1 heterocycles. The molecule has 0 spiro atoms. The Morgan fingerprint density at radius 1 is 1.75 bits per heavy atom. The highest BCUT2D eigenvalue weighted by Crippen LogP contribution is 2.04. The molecule has 0 radical (unpaired) electrons. The maximum atomic E-state index is 5.66. The summed E-state index contributed by atoms with van der Waals surface area (Å²) >= 11 is 5.66. The van der Waals surface area contributed by atoms with E-state index in [0.717, 1.165) is 11.8 Å². The van der Waals surface area contributed by atoms with Crippen LogP contribution < -0.4 is 4.90 Å². The van der Waals surface area contributed by atoms with Crippen LogP contribution in [0, 0.1) is 5.92 Å². The van der Waals surface area contributed by atoms with Crippen molar-refractivity contribution in [2.24, 2.45) is 5.92 Å². The van der Waals surface area contributed by atoms with Crippen LogP contribution in [-0.4, -0.2) is 26.0 Å². The molecule has 0 aliphatic carbocycles. The van der Waals surface area contributed by atoms with E-state index in [-0.39, 0.29) is 0 Å². The summed E-state index contributed by atoms with van der Waals surface area (Å²) in [6.07, 6.45) is 1.33. The van der Waals surface area contributed by atoms with Crippen molar-refractivity contribution in [2.75, 3.05) is 26.0 Å². The molecular formula is C6H13ClN+. The molecule has 0 amide bonds. The van der Waals surface area contributed by atoms with Gasteiger partial charge >= 0.3 is 0 Å². The Hall–Kier alpha value is 0.250. The van der Waals surface area contributed by atoms with Crippen LogP contribution >= 0.6 is 11.6 Å². The highest BCUT2D eigenvalue weighted by molar-refractivity contribution is 6.18. The second-order valence-corrected chi connectivity index (χ2v) is 3.03. The zero-order valence-electron chi connectivity index (χ0n) is 5.28. The predicted octanol–water partition coefficient (Wildman–Crippen LogP) is -0.240. The molecule has 1 fully saturated rings. The standard InChI is InChI=1S/C6H12ClN/c1-8-3-2-6(4-7)5-8/h6H,2-5H2,1H3/p+1/t6-/m1/s1. The summed E-state index contributed by atoms with van der Waals surface area (Å²) in [5.41, 5.74) is 0. The first-order valence-electron chi connectivity index (χ1n) is 3.20. The molecule has 2 heteroatoms. The van der Waals surface area contributed by atoms with Gasteiger partial charge in [0.15, 0.2) is 0 Å². The molecule has 0 aromatic rings. The van der Waals surface area contributed by atoms with Gasteiger partial charge in [-0.3, -0.25) is 0 Å².